The molecule has 0 saturated carbocycles. The summed E-state index contributed by atoms with van der Waals surface area (Å²) in [7, 11) is 2.78. The van der Waals surface area contributed by atoms with E-state index in [1.54, 1.807) is 18.2 Å². The lowest BCUT2D eigenvalue weighted by Crippen LogP contribution is -2.25. The maximum atomic E-state index is 11.5. The van der Waals surface area contributed by atoms with Gasteiger partial charge in [-0.1, -0.05) is 18.2 Å². The van der Waals surface area contributed by atoms with Crippen LogP contribution in [0.3, 0.4) is 0 Å². The third-order valence-electron chi connectivity index (χ3n) is 2.15. The van der Waals surface area contributed by atoms with Crippen molar-refractivity contribution in [3.8, 4) is 5.75 Å². The van der Waals surface area contributed by atoms with Gasteiger partial charge in [0.1, 0.15) is 11.4 Å². The average molecular weight is 249 g/mol. The van der Waals surface area contributed by atoms with Crippen LogP contribution in [0.5, 0.6) is 5.75 Å². The van der Waals surface area contributed by atoms with Crippen molar-refractivity contribution < 1.29 is 19.1 Å². The highest BCUT2D eigenvalue weighted by Crippen LogP contribution is 2.20. The molecule has 0 aromatic heterocycles. The van der Waals surface area contributed by atoms with Gasteiger partial charge in [-0.3, -0.25) is 4.79 Å². The van der Waals surface area contributed by atoms with Gasteiger partial charge in [-0.05, 0) is 12.1 Å². The molecule has 0 heterocycles. The van der Waals surface area contributed by atoms with Crippen molar-refractivity contribution in [2.75, 3.05) is 14.2 Å². The predicted molar refractivity (Wildman–Crippen MR) is 66.8 cm³/mol. The van der Waals surface area contributed by atoms with Gasteiger partial charge in [0.15, 0.2) is 0 Å². The standard InChI is InChI=1S/C13H15NO4/c1-9(15)14-11(13(16)18-3)8-10-6-4-5-7-12(10)17-2/h4-8H,1-3H3,(H,14,15)/b11-8+. The number of rotatable bonds is 4. The van der Waals surface area contributed by atoms with Crippen LogP contribution in [-0.4, -0.2) is 26.1 Å². The molecule has 0 spiro atoms. The average Bonchev–Trinajstić information content (AvgIpc) is 2.37. The van der Waals surface area contributed by atoms with E-state index in [0.717, 1.165) is 0 Å². The van der Waals surface area contributed by atoms with Crippen molar-refractivity contribution in [2.45, 2.75) is 6.92 Å². The van der Waals surface area contributed by atoms with Gasteiger partial charge in [0.05, 0.1) is 14.2 Å². The van der Waals surface area contributed by atoms with Crippen LogP contribution in [0.1, 0.15) is 12.5 Å². The maximum Gasteiger partial charge on any atom is 0.354 e. The van der Waals surface area contributed by atoms with Crippen molar-refractivity contribution in [3.05, 3.63) is 35.5 Å². The predicted octanol–water partition coefficient (Wildman–Crippen LogP) is 1.35. The van der Waals surface area contributed by atoms with Crippen LogP contribution >= 0.6 is 0 Å². The lowest BCUT2D eigenvalue weighted by Gasteiger charge is -2.08. The molecule has 5 nitrogen and oxygen atoms in total. The Kier molecular flexibility index (Phi) is 4.92. The first-order chi connectivity index (χ1) is 8.58. The number of nitrogens with one attached hydrogen (secondary N) is 1. The van der Waals surface area contributed by atoms with E-state index in [2.05, 4.69) is 10.1 Å². The Labute approximate surface area is 105 Å². The van der Waals surface area contributed by atoms with Crippen LogP contribution in [0.2, 0.25) is 0 Å². The molecular formula is C13H15NO4. The van der Waals surface area contributed by atoms with Crippen molar-refractivity contribution in [1.82, 2.24) is 5.32 Å². The van der Waals surface area contributed by atoms with Crippen molar-refractivity contribution in [3.63, 3.8) is 0 Å². The molecule has 1 rings (SSSR count). The number of hydrogen-bond donors (Lipinski definition) is 1. The monoisotopic (exact) mass is 249 g/mol. The summed E-state index contributed by atoms with van der Waals surface area (Å²) in [5, 5.41) is 2.42. The maximum absolute atomic E-state index is 11.5. The Morgan fingerprint density at radius 3 is 2.44 bits per heavy atom. The van der Waals surface area contributed by atoms with E-state index in [1.165, 1.54) is 27.2 Å². The summed E-state index contributed by atoms with van der Waals surface area (Å²) >= 11 is 0. The van der Waals surface area contributed by atoms with Gasteiger partial charge in [0.25, 0.3) is 0 Å². The number of amides is 1. The Morgan fingerprint density at radius 1 is 1.22 bits per heavy atom. The summed E-state index contributed by atoms with van der Waals surface area (Å²) in [4.78, 5) is 22.5. The summed E-state index contributed by atoms with van der Waals surface area (Å²) in [6.07, 6.45) is 1.51. The normalized spacial score (nSPS) is 10.7. The Morgan fingerprint density at radius 2 is 1.89 bits per heavy atom. The Bertz CT molecular complexity index is 480. The van der Waals surface area contributed by atoms with Gasteiger partial charge in [-0.15, -0.1) is 0 Å². The van der Waals surface area contributed by atoms with E-state index in [4.69, 9.17) is 4.74 Å². The van der Waals surface area contributed by atoms with Crippen LogP contribution in [0.25, 0.3) is 6.08 Å². The minimum absolute atomic E-state index is 0.0644. The fourth-order valence-corrected chi connectivity index (χ4v) is 1.39. The van der Waals surface area contributed by atoms with Crippen LogP contribution < -0.4 is 10.1 Å². The zero-order valence-electron chi connectivity index (χ0n) is 10.5. The smallest absolute Gasteiger partial charge is 0.354 e. The lowest BCUT2D eigenvalue weighted by molar-refractivity contribution is -0.137. The van der Waals surface area contributed by atoms with Gasteiger partial charge < -0.3 is 14.8 Å². The third kappa shape index (κ3) is 3.62. The van der Waals surface area contributed by atoms with E-state index in [9.17, 15) is 9.59 Å². The number of para-hydroxylation sites is 1. The summed E-state index contributed by atoms with van der Waals surface area (Å²) < 4.78 is 9.75. The molecule has 18 heavy (non-hydrogen) atoms. The fourth-order valence-electron chi connectivity index (χ4n) is 1.39. The molecule has 0 aliphatic rings. The molecule has 0 radical (unpaired) electrons. The Hall–Kier alpha value is -2.30. The van der Waals surface area contributed by atoms with Crippen LogP contribution in [0, 0.1) is 0 Å². The molecule has 0 unspecified atom stereocenters. The summed E-state index contributed by atoms with van der Waals surface area (Å²) in [5.74, 6) is -0.359. The lowest BCUT2D eigenvalue weighted by atomic mass is 10.1. The summed E-state index contributed by atoms with van der Waals surface area (Å²) in [5.41, 5.74) is 0.739. The van der Waals surface area contributed by atoms with Gasteiger partial charge >= 0.3 is 5.97 Å². The SMILES string of the molecule is COC(=O)/C(=C\c1ccccc1OC)NC(C)=O. The number of ether oxygens (including phenoxy) is 2. The fraction of sp³-hybridized carbons (Fsp3) is 0.231. The topological polar surface area (TPSA) is 64.6 Å². The van der Waals surface area contributed by atoms with E-state index in [0.29, 0.717) is 11.3 Å². The molecule has 0 saturated heterocycles. The van der Waals surface area contributed by atoms with Crippen molar-refractivity contribution >= 4 is 18.0 Å². The molecule has 0 aliphatic carbocycles. The second kappa shape index (κ2) is 6.44. The van der Waals surface area contributed by atoms with Crippen molar-refractivity contribution in [2.24, 2.45) is 0 Å². The van der Waals surface area contributed by atoms with Crippen LogP contribution in [0.4, 0.5) is 0 Å². The molecule has 0 fully saturated rings. The molecule has 1 N–H and O–H groups in total. The van der Waals surface area contributed by atoms with Gasteiger partial charge in [-0.2, -0.15) is 0 Å². The molecule has 1 aromatic carbocycles. The molecule has 0 aliphatic heterocycles. The number of esters is 1. The van der Waals surface area contributed by atoms with Crippen LogP contribution in [-0.2, 0) is 14.3 Å². The quantitative estimate of drug-likeness (QED) is 0.646. The molecule has 5 heteroatoms. The highest BCUT2D eigenvalue weighted by molar-refractivity contribution is 5.97. The second-order valence-corrected chi connectivity index (χ2v) is 3.47. The minimum atomic E-state index is -0.615. The highest BCUT2D eigenvalue weighted by atomic mass is 16.5. The zero-order chi connectivity index (χ0) is 13.5. The number of methoxy groups -OCH3 is 2. The first kappa shape index (κ1) is 13.8. The first-order valence-corrected chi connectivity index (χ1v) is 5.29. The number of carbonyl (C=O) groups excluding carboxylic acids is 2. The molecule has 1 amide bonds. The summed E-state index contributed by atoms with van der Waals surface area (Å²) in [6.45, 7) is 1.32. The molecule has 0 bridgehead atoms. The van der Waals surface area contributed by atoms with E-state index < -0.39 is 5.97 Å². The first-order valence-electron chi connectivity index (χ1n) is 5.29. The Balaban J connectivity index is 3.14. The van der Waals surface area contributed by atoms with Crippen LogP contribution in [0.15, 0.2) is 30.0 Å². The van der Waals surface area contributed by atoms with Gasteiger partial charge in [0, 0.05) is 12.5 Å². The van der Waals surface area contributed by atoms with Gasteiger partial charge in [-0.25, -0.2) is 4.79 Å². The third-order valence-corrected chi connectivity index (χ3v) is 2.15. The highest BCUT2D eigenvalue weighted by Gasteiger charge is 2.12. The zero-order valence-corrected chi connectivity index (χ0v) is 10.5. The summed E-state index contributed by atoms with van der Waals surface area (Å²) in [6, 6.07) is 7.14. The molecule has 0 atom stereocenters. The van der Waals surface area contributed by atoms with Crippen molar-refractivity contribution in [1.29, 1.82) is 0 Å². The number of benzene rings is 1. The van der Waals surface area contributed by atoms with E-state index >= 15 is 0 Å². The van der Waals surface area contributed by atoms with E-state index in [1.807, 2.05) is 6.07 Å². The van der Waals surface area contributed by atoms with E-state index in [-0.39, 0.29) is 11.6 Å². The molecule has 96 valence electrons. The second-order valence-electron chi connectivity index (χ2n) is 3.47. The largest absolute Gasteiger partial charge is 0.496 e. The van der Waals surface area contributed by atoms with Gasteiger partial charge in [0.2, 0.25) is 5.91 Å². The number of carbonyl (C=O) groups is 2. The number of hydrogen-bond acceptors (Lipinski definition) is 4. The molecule has 1 aromatic rings. The minimum Gasteiger partial charge on any atom is -0.496 e. The molecular weight excluding hydrogens is 234 g/mol.